The molecule has 4 rings (SSSR count). The standard InChI is InChI=1S/C21H13ClF2N2O2S/c1-11-9-12(22)4-6-15(11)25-19-18(17-3-2-8-29-17)20(27)26(21(19)28)16-7-5-13(23)10-14(16)24/h2-10,25H,1H3. The van der Waals surface area contributed by atoms with Crippen molar-refractivity contribution in [2.45, 2.75) is 6.92 Å². The molecule has 1 aliphatic heterocycles. The van der Waals surface area contributed by atoms with Crippen molar-refractivity contribution in [3.8, 4) is 0 Å². The average Bonchev–Trinajstić information content (AvgIpc) is 3.26. The molecule has 0 fully saturated rings. The molecule has 0 saturated heterocycles. The predicted molar refractivity (Wildman–Crippen MR) is 110 cm³/mol. The third kappa shape index (κ3) is 3.43. The fourth-order valence-corrected chi connectivity index (χ4v) is 4.07. The Morgan fingerprint density at radius 2 is 1.83 bits per heavy atom. The van der Waals surface area contributed by atoms with Crippen molar-refractivity contribution in [1.82, 2.24) is 0 Å². The summed E-state index contributed by atoms with van der Waals surface area (Å²) in [6.45, 7) is 1.80. The normalized spacial score (nSPS) is 14.1. The Bertz CT molecular complexity index is 1180. The molecule has 0 aliphatic carbocycles. The summed E-state index contributed by atoms with van der Waals surface area (Å²) in [4.78, 5) is 27.5. The summed E-state index contributed by atoms with van der Waals surface area (Å²) in [6.07, 6.45) is 0. The molecule has 0 saturated carbocycles. The predicted octanol–water partition coefficient (Wildman–Crippen LogP) is 5.38. The molecule has 0 spiro atoms. The van der Waals surface area contributed by atoms with Crippen molar-refractivity contribution in [3.05, 3.63) is 86.7 Å². The Morgan fingerprint density at radius 3 is 2.48 bits per heavy atom. The van der Waals surface area contributed by atoms with Gasteiger partial charge in [0.25, 0.3) is 11.8 Å². The Morgan fingerprint density at radius 1 is 1.03 bits per heavy atom. The summed E-state index contributed by atoms with van der Waals surface area (Å²) >= 11 is 7.27. The number of rotatable bonds is 4. The highest BCUT2D eigenvalue weighted by Crippen LogP contribution is 2.37. The number of thiophene rings is 1. The monoisotopic (exact) mass is 430 g/mol. The van der Waals surface area contributed by atoms with E-state index in [1.807, 2.05) is 0 Å². The van der Waals surface area contributed by atoms with E-state index >= 15 is 0 Å². The molecular formula is C21H13ClF2N2O2S. The van der Waals surface area contributed by atoms with Crippen LogP contribution in [0.4, 0.5) is 20.2 Å². The van der Waals surface area contributed by atoms with Gasteiger partial charge in [-0.3, -0.25) is 9.59 Å². The van der Waals surface area contributed by atoms with Gasteiger partial charge in [-0.1, -0.05) is 17.7 Å². The SMILES string of the molecule is Cc1cc(Cl)ccc1NC1=C(c2cccs2)C(=O)N(c2ccc(F)cc2F)C1=O. The minimum absolute atomic E-state index is 0.0200. The van der Waals surface area contributed by atoms with Crippen molar-refractivity contribution in [3.63, 3.8) is 0 Å². The minimum atomic E-state index is -0.999. The maximum Gasteiger partial charge on any atom is 0.282 e. The van der Waals surface area contributed by atoms with Gasteiger partial charge < -0.3 is 5.32 Å². The van der Waals surface area contributed by atoms with Crippen molar-refractivity contribution in [1.29, 1.82) is 0 Å². The van der Waals surface area contributed by atoms with E-state index in [1.165, 1.54) is 11.3 Å². The Kier molecular flexibility index (Phi) is 4.94. The zero-order valence-corrected chi connectivity index (χ0v) is 16.6. The maximum atomic E-state index is 14.3. The Hall–Kier alpha value is -3.03. The molecule has 8 heteroatoms. The topological polar surface area (TPSA) is 49.4 Å². The molecule has 0 radical (unpaired) electrons. The van der Waals surface area contributed by atoms with E-state index in [0.29, 0.717) is 21.7 Å². The largest absolute Gasteiger partial charge is 0.350 e. The van der Waals surface area contributed by atoms with Gasteiger partial charge in [-0.05, 0) is 54.3 Å². The lowest BCUT2D eigenvalue weighted by Crippen LogP contribution is -2.33. The number of nitrogens with one attached hydrogen (secondary N) is 1. The smallest absolute Gasteiger partial charge is 0.282 e. The average molecular weight is 431 g/mol. The van der Waals surface area contributed by atoms with Crippen molar-refractivity contribution < 1.29 is 18.4 Å². The number of carbonyl (C=O) groups excluding carboxylic acids is 2. The molecule has 1 N–H and O–H groups in total. The van der Waals surface area contributed by atoms with Crippen LogP contribution >= 0.6 is 22.9 Å². The number of hydrogen-bond donors (Lipinski definition) is 1. The van der Waals surface area contributed by atoms with Gasteiger partial charge >= 0.3 is 0 Å². The third-order valence-corrected chi connectivity index (χ3v) is 5.57. The number of halogens is 3. The van der Waals surface area contributed by atoms with Crippen LogP contribution in [0, 0.1) is 18.6 Å². The lowest BCUT2D eigenvalue weighted by Gasteiger charge is -2.16. The highest BCUT2D eigenvalue weighted by atomic mass is 35.5. The van der Waals surface area contributed by atoms with E-state index in [2.05, 4.69) is 5.32 Å². The molecule has 29 heavy (non-hydrogen) atoms. The summed E-state index contributed by atoms with van der Waals surface area (Å²) in [5.41, 5.74) is 1.19. The molecule has 3 aromatic rings. The molecule has 146 valence electrons. The minimum Gasteiger partial charge on any atom is -0.350 e. The Balaban J connectivity index is 1.83. The van der Waals surface area contributed by atoms with Gasteiger partial charge in [-0.25, -0.2) is 13.7 Å². The summed E-state index contributed by atoms with van der Waals surface area (Å²) in [5.74, 6) is -3.21. The third-order valence-electron chi connectivity index (χ3n) is 4.45. The fraction of sp³-hybridized carbons (Fsp3) is 0.0476. The summed E-state index contributed by atoms with van der Waals surface area (Å²) in [6, 6.07) is 11.2. The van der Waals surface area contributed by atoms with E-state index in [0.717, 1.165) is 22.6 Å². The van der Waals surface area contributed by atoms with E-state index < -0.39 is 23.4 Å². The van der Waals surface area contributed by atoms with Crippen LogP contribution < -0.4 is 10.2 Å². The molecule has 0 atom stereocenters. The van der Waals surface area contributed by atoms with Crippen molar-refractivity contribution in [2.24, 2.45) is 0 Å². The van der Waals surface area contributed by atoms with Crippen LogP contribution in [0.15, 0.2) is 59.6 Å². The summed E-state index contributed by atoms with van der Waals surface area (Å²) in [5, 5.41) is 5.31. The van der Waals surface area contributed by atoms with Crippen molar-refractivity contribution >= 4 is 51.7 Å². The molecule has 2 heterocycles. The molecular weight excluding hydrogens is 418 g/mol. The molecule has 2 amide bonds. The molecule has 0 unspecified atom stereocenters. The van der Waals surface area contributed by atoms with Crippen LogP contribution in [0.2, 0.25) is 5.02 Å². The summed E-state index contributed by atoms with van der Waals surface area (Å²) < 4.78 is 27.7. The molecule has 4 nitrogen and oxygen atoms in total. The highest BCUT2D eigenvalue weighted by molar-refractivity contribution is 7.11. The van der Waals surface area contributed by atoms with Gasteiger partial charge in [-0.2, -0.15) is 0 Å². The van der Waals surface area contributed by atoms with Crippen molar-refractivity contribution in [2.75, 3.05) is 10.2 Å². The van der Waals surface area contributed by atoms with Crippen LogP contribution in [-0.4, -0.2) is 11.8 Å². The number of carbonyl (C=O) groups is 2. The van der Waals surface area contributed by atoms with Crippen LogP contribution in [0.5, 0.6) is 0 Å². The molecule has 1 aromatic heterocycles. The molecule has 2 aromatic carbocycles. The van der Waals surface area contributed by atoms with Crippen LogP contribution in [0.25, 0.3) is 5.57 Å². The number of anilines is 2. The first-order valence-electron chi connectivity index (χ1n) is 8.52. The first-order chi connectivity index (χ1) is 13.9. The zero-order chi connectivity index (χ0) is 20.7. The second-order valence-corrected chi connectivity index (χ2v) is 7.74. The van der Waals surface area contributed by atoms with Crippen LogP contribution in [0.3, 0.4) is 0 Å². The highest BCUT2D eigenvalue weighted by Gasteiger charge is 2.41. The second-order valence-electron chi connectivity index (χ2n) is 6.35. The van der Waals surface area contributed by atoms with Gasteiger partial charge in [-0.15, -0.1) is 11.3 Å². The Labute approximate surface area is 174 Å². The van der Waals surface area contributed by atoms with E-state index in [1.54, 1.807) is 42.6 Å². The van der Waals surface area contributed by atoms with Crippen LogP contribution in [-0.2, 0) is 9.59 Å². The van der Waals surface area contributed by atoms with E-state index in [-0.39, 0.29) is 17.0 Å². The number of hydrogen-bond acceptors (Lipinski definition) is 4. The van der Waals surface area contributed by atoms with Gasteiger partial charge in [0.2, 0.25) is 0 Å². The van der Waals surface area contributed by atoms with Gasteiger partial charge in [0.05, 0.1) is 11.3 Å². The first kappa shape index (κ1) is 19.3. The lowest BCUT2D eigenvalue weighted by molar-refractivity contribution is -0.120. The fourth-order valence-electron chi connectivity index (χ4n) is 3.08. The van der Waals surface area contributed by atoms with Gasteiger partial charge in [0.1, 0.15) is 17.3 Å². The van der Waals surface area contributed by atoms with Crippen LogP contribution in [0.1, 0.15) is 10.4 Å². The number of nitrogens with zero attached hydrogens (tertiary/aromatic N) is 1. The van der Waals surface area contributed by atoms with Gasteiger partial charge in [0, 0.05) is 21.7 Å². The van der Waals surface area contributed by atoms with E-state index in [4.69, 9.17) is 11.6 Å². The van der Waals surface area contributed by atoms with E-state index in [9.17, 15) is 18.4 Å². The molecule has 0 bridgehead atoms. The molecule has 1 aliphatic rings. The second kappa shape index (κ2) is 7.42. The zero-order valence-electron chi connectivity index (χ0n) is 15.0. The number of amides is 2. The number of imide groups is 1. The number of benzene rings is 2. The first-order valence-corrected chi connectivity index (χ1v) is 9.77. The van der Waals surface area contributed by atoms with Gasteiger partial charge in [0.15, 0.2) is 0 Å². The quantitative estimate of drug-likeness (QED) is 0.565. The lowest BCUT2D eigenvalue weighted by atomic mass is 10.1. The maximum absolute atomic E-state index is 14.3. The summed E-state index contributed by atoms with van der Waals surface area (Å²) in [7, 11) is 0. The number of aryl methyl sites for hydroxylation is 1.